The second-order valence-electron chi connectivity index (χ2n) is 10.2. The van der Waals surface area contributed by atoms with Gasteiger partial charge in [0.25, 0.3) is 0 Å². The number of benzene rings is 3. The number of fused-ring (bicyclic) bond motifs is 2. The number of allylic oxidation sites excluding steroid dienone is 1. The summed E-state index contributed by atoms with van der Waals surface area (Å²) in [5, 5.41) is 0. The number of hydrogen-bond donors (Lipinski definition) is 0. The van der Waals surface area contributed by atoms with E-state index in [1.807, 2.05) is 0 Å². The Bertz CT molecular complexity index is 1120. The van der Waals surface area contributed by atoms with E-state index in [1.54, 1.807) is 5.57 Å². The van der Waals surface area contributed by atoms with Crippen LogP contribution in [-0.2, 0) is 25.9 Å². The molecule has 2 heteroatoms. The molecule has 0 N–H and O–H groups in total. The third kappa shape index (κ3) is 4.55. The van der Waals surface area contributed by atoms with Crippen molar-refractivity contribution in [2.45, 2.75) is 32.4 Å². The molecule has 2 aliphatic heterocycles. The molecule has 2 atom stereocenters. The van der Waals surface area contributed by atoms with Crippen LogP contribution in [0.25, 0.3) is 5.57 Å². The number of likely N-dealkylation sites (tertiary alicyclic amines) is 1. The lowest BCUT2D eigenvalue weighted by Crippen LogP contribution is -2.32. The Morgan fingerprint density at radius 2 is 1.52 bits per heavy atom. The average Bonchev–Trinajstić information content (AvgIpc) is 3.44. The first-order valence-corrected chi connectivity index (χ1v) is 12.7. The van der Waals surface area contributed by atoms with Crippen LogP contribution in [0.5, 0.6) is 0 Å². The van der Waals surface area contributed by atoms with Crippen molar-refractivity contribution in [3.8, 4) is 0 Å². The summed E-state index contributed by atoms with van der Waals surface area (Å²) in [7, 11) is 0. The van der Waals surface area contributed by atoms with Gasteiger partial charge in [-0.15, -0.1) is 0 Å². The van der Waals surface area contributed by atoms with Gasteiger partial charge in [0, 0.05) is 45.2 Å². The van der Waals surface area contributed by atoms with E-state index in [9.17, 15) is 0 Å². The van der Waals surface area contributed by atoms with Gasteiger partial charge in [0.2, 0.25) is 0 Å². The minimum atomic E-state index is 0.702. The Balaban J connectivity index is 1.05. The first kappa shape index (κ1) is 20.9. The Hall–Kier alpha value is -2.68. The van der Waals surface area contributed by atoms with Gasteiger partial charge in [-0.05, 0) is 58.6 Å². The van der Waals surface area contributed by atoms with Crippen LogP contribution in [0.1, 0.15) is 34.2 Å². The van der Waals surface area contributed by atoms with Crippen molar-refractivity contribution in [2.75, 3.05) is 26.2 Å². The molecule has 2 heterocycles. The molecule has 0 bridgehead atoms. The van der Waals surface area contributed by atoms with Crippen molar-refractivity contribution in [1.82, 2.24) is 9.80 Å². The van der Waals surface area contributed by atoms with Gasteiger partial charge in [-0.1, -0.05) is 84.9 Å². The maximum Gasteiger partial charge on any atom is 0.0236 e. The summed E-state index contributed by atoms with van der Waals surface area (Å²) in [5.74, 6) is 1.50. The van der Waals surface area contributed by atoms with E-state index in [1.165, 1.54) is 60.3 Å². The molecule has 1 aliphatic carbocycles. The molecule has 3 aliphatic rings. The zero-order chi connectivity index (χ0) is 22.0. The first-order chi connectivity index (χ1) is 16.3. The van der Waals surface area contributed by atoms with E-state index in [4.69, 9.17) is 0 Å². The van der Waals surface area contributed by atoms with Gasteiger partial charge in [0.15, 0.2) is 0 Å². The SMILES string of the molecule is C1=C(c2ccc(CCN3CCc4ccccc4C3)cc2)C2CN(Cc3ccccc3)CC2C1. The van der Waals surface area contributed by atoms with Crippen molar-refractivity contribution in [3.63, 3.8) is 0 Å². The predicted octanol–water partition coefficient (Wildman–Crippen LogP) is 5.82. The molecular weight excluding hydrogens is 400 g/mol. The van der Waals surface area contributed by atoms with Crippen LogP contribution in [0.2, 0.25) is 0 Å². The van der Waals surface area contributed by atoms with Crippen LogP contribution < -0.4 is 0 Å². The summed E-state index contributed by atoms with van der Waals surface area (Å²) < 4.78 is 0. The average molecular weight is 435 g/mol. The highest BCUT2D eigenvalue weighted by atomic mass is 15.2. The molecule has 3 aromatic carbocycles. The molecule has 2 unspecified atom stereocenters. The zero-order valence-electron chi connectivity index (χ0n) is 19.5. The normalized spacial score (nSPS) is 22.7. The third-order valence-electron chi connectivity index (χ3n) is 8.02. The lowest BCUT2D eigenvalue weighted by atomic mass is 9.90. The Kier molecular flexibility index (Phi) is 5.88. The lowest BCUT2D eigenvalue weighted by molar-refractivity contribution is 0.257. The summed E-state index contributed by atoms with van der Waals surface area (Å²) in [4.78, 5) is 5.27. The van der Waals surface area contributed by atoms with E-state index in [0.717, 1.165) is 32.0 Å². The van der Waals surface area contributed by atoms with E-state index in [0.29, 0.717) is 5.92 Å². The largest absolute Gasteiger partial charge is 0.298 e. The van der Waals surface area contributed by atoms with Crippen LogP contribution in [0.4, 0.5) is 0 Å². The summed E-state index contributed by atoms with van der Waals surface area (Å²) in [6.45, 7) is 6.95. The molecule has 2 nitrogen and oxygen atoms in total. The second-order valence-corrected chi connectivity index (χ2v) is 10.2. The van der Waals surface area contributed by atoms with E-state index in [-0.39, 0.29) is 0 Å². The Morgan fingerprint density at radius 1 is 0.727 bits per heavy atom. The molecule has 0 amide bonds. The number of hydrogen-bond acceptors (Lipinski definition) is 2. The molecule has 0 aromatic heterocycles. The van der Waals surface area contributed by atoms with Crippen molar-refractivity contribution in [3.05, 3.63) is 113 Å². The quantitative estimate of drug-likeness (QED) is 0.482. The maximum absolute atomic E-state index is 2.66. The van der Waals surface area contributed by atoms with Crippen LogP contribution in [-0.4, -0.2) is 36.0 Å². The van der Waals surface area contributed by atoms with Gasteiger partial charge >= 0.3 is 0 Å². The van der Waals surface area contributed by atoms with Crippen LogP contribution in [0.3, 0.4) is 0 Å². The fourth-order valence-electron chi connectivity index (χ4n) is 6.18. The van der Waals surface area contributed by atoms with E-state index < -0.39 is 0 Å². The van der Waals surface area contributed by atoms with Crippen LogP contribution in [0.15, 0.2) is 84.9 Å². The minimum Gasteiger partial charge on any atom is -0.298 e. The summed E-state index contributed by atoms with van der Waals surface area (Å²) in [6, 6.07) is 29.4. The molecule has 33 heavy (non-hydrogen) atoms. The Labute approximate surface area is 198 Å². The van der Waals surface area contributed by atoms with E-state index >= 15 is 0 Å². The van der Waals surface area contributed by atoms with Gasteiger partial charge in [0.05, 0.1) is 0 Å². The number of rotatable bonds is 6. The predicted molar refractivity (Wildman–Crippen MR) is 137 cm³/mol. The lowest BCUT2D eigenvalue weighted by Gasteiger charge is -2.28. The van der Waals surface area contributed by atoms with Gasteiger partial charge < -0.3 is 0 Å². The van der Waals surface area contributed by atoms with Crippen molar-refractivity contribution >= 4 is 5.57 Å². The highest BCUT2D eigenvalue weighted by Gasteiger charge is 2.38. The maximum atomic E-state index is 2.66. The molecule has 3 aromatic rings. The zero-order valence-corrected chi connectivity index (χ0v) is 19.5. The van der Waals surface area contributed by atoms with Crippen molar-refractivity contribution in [2.24, 2.45) is 11.8 Å². The highest BCUT2D eigenvalue weighted by Crippen LogP contribution is 2.43. The molecule has 1 saturated heterocycles. The van der Waals surface area contributed by atoms with Gasteiger partial charge in [-0.25, -0.2) is 0 Å². The van der Waals surface area contributed by atoms with Crippen molar-refractivity contribution in [1.29, 1.82) is 0 Å². The highest BCUT2D eigenvalue weighted by molar-refractivity contribution is 5.70. The summed E-state index contributed by atoms with van der Waals surface area (Å²) in [5.41, 5.74) is 8.99. The third-order valence-corrected chi connectivity index (χ3v) is 8.02. The van der Waals surface area contributed by atoms with Gasteiger partial charge in [-0.3, -0.25) is 9.80 Å². The van der Waals surface area contributed by atoms with Crippen LogP contribution in [0, 0.1) is 11.8 Å². The smallest absolute Gasteiger partial charge is 0.0236 e. The molecule has 0 radical (unpaired) electrons. The Morgan fingerprint density at radius 3 is 2.36 bits per heavy atom. The molecule has 0 spiro atoms. The molecule has 6 rings (SSSR count). The van der Waals surface area contributed by atoms with Gasteiger partial charge in [0.1, 0.15) is 0 Å². The molecule has 168 valence electrons. The minimum absolute atomic E-state index is 0.702. The molecule has 0 saturated carbocycles. The topological polar surface area (TPSA) is 6.48 Å². The second kappa shape index (κ2) is 9.29. The van der Waals surface area contributed by atoms with Crippen molar-refractivity contribution < 1.29 is 0 Å². The monoisotopic (exact) mass is 434 g/mol. The molecule has 1 fully saturated rings. The van der Waals surface area contributed by atoms with Gasteiger partial charge in [-0.2, -0.15) is 0 Å². The fraction of sp³-hybridized carbons (Fsp3) is 0.355. The standard InChI is InChI=1S/C31H34N2/c1-2-6-25(7-3-1)20-33-22-29-14-15-30(31(29)23-33)27-12-10-24(11-13-27)16-18-32-19-17-26-8-4-5-9-28(26)21-32/h1-13,15,29,31H,14,16-23H2. The summed E-state index contributed by atoms with van der Waals surface area (Å²) in [6.07, 6.45) is 6.09. The fourth-order valence-corrected chi connectivity index (χ4v) is 6.18. The number of nitrogens with zero attached hydrogens (tertiary/aromatic N) is 2. The molecular formula is C31H34N2. The first-order valence-electron chi connectivity index (χ1n) is 12.7. The summed E-state index contributed by atoms with van der Waals surface area (Å²) >= 11 is 0. The van der Waals surface area contributed by atoms with Crippen LogP contribution >= 0.6 is 0 Å². The van der Waals surface area contributed by atoms with E-state index in [2.05, 4.69) is 94.7 Å².